The van der Waals surface area contributed by atoms with Gasteiger partial charge < -0.3 is 19.5 Å². The van der Waals surface area contributed by atoms with Crippen LogP contribution in [0, 0.1) is 0 Å². The van der Waals surface area contributed by atoms with Gasteiger partial charge in [-0.25, -0.2) is 9.48 Å². The molecular formula is C18H21F3N4O5. The highest BCUT2D eigenvalue weighted by atomic mass is 19.4. The molecule has 2 aromatic rings. The van der Waals surface area contributed by atoms with Crippen molar-refractivity contribution in [3.05, 3.63) is 40.1 Å². The molecule has 12 heteroatoms. The molecule has 0 saturated heterocycles. The van der Waals surface area contributed by atoms with Crippen LogP contribution in [0.15, 0.2) is 23.0 Å². The summed E-state index contributed by atoms with van der Waals surface area (Å²) in [6.45, 7) is -0.306. The molecule has 30 heavy (non-hydrogen) atoms. The van der Waals surface area contributed by atoms with Crippen molar-refractivity contribution < 1.29 is 32.2 Å². The van der Waals surface area contributed by atoms with E-state index in [4.69, 9.17) is 14.2 Å². The molecule has 0 aliphatic carbocycles. The standard InChI is InChI=1S/C18H21F3N4O5/c1-24-16(18(19,20)21)23-25(17(24)27)8-7-22-14(26)6-5-11-9-12(28-2)15(30-4)13(10-11)29-3/h5-6,9-10H,7-8H2,1-4H3,(H,22,26)/b6-5+. The summed E-state index contributed by atoms with van der Waals surface area (Å²) in [5, 5.41) is 5.73. The van der Waals surface area contributed by atoms with Gasteiger partial charge in [0.1, 0.15) is 0 Å². The van der Waals surface area contributed by atoms with Crippen molar-refractivity contribution in [1.29, 1.82) is 0 Å². The van der Waals surface area contributed by atoms with Gasteiger partial charge in [-0.15, -0.1) is 5.10 Å². The predicted molar refractivity (Wildman–Crippen MR) is 101 cm³/mol. The fraction of sp³-hybridized carbons (Fsp3) is 0.389. The van der Waals surface area contributed by atoms with Gasteiger partial charge >= 0.3 is 11.9 Å². The highest BCUT2D eigenvalue weighted by Gasteiger charge is 2.37. The van der Waals surface area contributed by atoms with E-state index in [1.807, 2.05) is 0 Å². The number of alkyl halides is 3. The monoisotopic (exact) mass is 430 g/mol. The van der Waals surface area contributed by atoms with E-state index in [1.165, 1.54) is 33.5 Å². The molecule has 0 bridgehead atoms. The molecule has 0 aliphatic heterocycles. The van der Waals surface area contributed by atoms with Gasteiger partial charge in [0, 0.05) is 19.7 Å². The molecule has 0 radical (unpaired) electrons. The Bertz CT molecular complexity index is 970. The Morgan fingerprint density at radius 2 is 1.77 bits per heavy atom. The first kappa shape index (κ1) is 22.8. The van der Waals surface area contributed by atoms with Crippen molar-refractivity contribution in [2.24, 2.45) is 7.05 Å². The van der Waals surface area contributed by atoms with E-state index in [-0.39, 0.29) is 13.1 Å². The quantitative estimate of drug-likeness (QED) is 0.637. The molecule has 1 aromatic heterocycles. The third-order valence-electron chi connectivity index (χ3n) is 4.03. The van der Waals surface area contributed by atoms with Gasteiger partial charge in [0.15, 0.2) is 11.5 Å². The molecule has 0 spiro atoms. The molecule has 0 atom stereocenters. The zero-order valence-electron chi connectivity index (χ0n) is 16.7. The summed E-state index contributed by atoms with van der Waals surface area (Å²) in [5.41, 5.74) is -0.333. The summed E-state index contributed by atoms with van der Waals surface area (Å²) < 4.78 is 55.0. The predicted octanol–water partition coefficient (Wildman–Crippen LogP) is 1.46. The van der Waals surface area contributed by atoms with Crippen LogP contribution in [0.1, 0.15) is 11.4 Å². The number of benzene rings is 1. The molecule has 2 rings (SSSR count). The minimum atomic E-state index is -4.74. The van der Waals surface area contributed by atoms with Crippen molar-refractivity contribution in [1.82, 2.24) is 19.7 Å². The number of halogens is 3. The first-order valence-corrected chi connectivity index (χ1v) is 8.59. The Morgan fingerprint density at radius 3 is 2.23 bits per heavy atom. The van der Waals surface area contributed by atoms with Gasteiger partial charge in [-0.1, -0.05) is 0 Å². The highest BCUT2D eigenvalue weighted by molar-refractivity contribution is 5.91. The smallest absolute Gasteiger partial charge is 0.451 e. The second-order valence-corrected chi connectivity index (χ2v) is 5.97. The second kappa shape index (κ2) is 9.37. The molecule has 0 unspecified atom stereocenters. The molecule has 1 N–H and O–H groups in total. The van der Waals surface area contributed by atoms with Crippen molar-refractivity contribution in [3.8, 4) is 17.2 Å². The summed E-state index contributed by atoms with van der Waals surface area (Å²) in [6, 6.07) is 3.27. The van der Waals surface area contributed by atoms with Gasteiger partial charge in [0.2, 0.25) is 17.5 Å². The SMILES string of the molecule is COc1cc(/C=C/C(=O)NCCn2nc(C(F)(F)F)n(C)c2=O)cc(OC)c1OC. The number of rotatable bonds is 8. The van der Waals surface area contributed by atoms with Crippen LogP contribution in [0.2, 0.25) is 0 Å². The minimum Gasteiger partial charge on any atom is -0.493 e. The van der Waals surface area contributed by atoms with E-state index in [2.05, 4.69) is 10.4 Å². The molecule has 164 valence electrons. The average molecular weight is 430 g/mol. The Balaban J connectivity index is 2.02. The fourth-order valence-electron chi connectivity index (χ4n) is 2.59. The van der Waals surface area contributed by atoms with E-state index in [0.29, 0.717) is 32.1 Å². The number of carbonyl (C=O) groups is 1. The number of hydrogen-bond donors (Lipinski definition) is 1. The number of aromatic nitrogens is 3. The van der Waals surface area contributed by atoms with E-state index >= 15 is 0 Å². The topological polar surface area (TPSA) is 96.6 Å². The number of methoxy groups -OCH3 is 3. The highest BCUT2D eigenvalue weighted by Crippen LogP contribution is 2.38. The van der Waals surface area contributed by atoms with Gasteiger partial charge in [-0.3, -0.25) is 9.36 Å². The summed E-state index contributed by atoms with van der Waals surface area (Å²) in [5.74, 6) is -0.593. The van der Waals surface area contributed by atoms with Crippen LogP contribution in [-0.4, -0.2) is 48.1 Å². The maximum Gasteiger partial charge on any atom is 0.451 e. The molecule has 1 amide bonds. The van der Waals surface area contributed by atoms with Crippen molar-refractivity contribution in [3.63, 3.8) is 0 Å². The van der Waals surface area contributed by atoms with Gasteiger partial charge in [-0.2, -0.15) is 13.2 Å². The number of amides is 1. The third-order valence-corrected chi connectivity index (χ3v) is 4.03. The first-order chi connectivity index (χ1) is 14.1. The number of ether oxygens (including phenoxy) is 3. The van der Waals surface area contributed by atoms with Crippen LogP contribution in [0.3, 0.4) is 0 Å². The molecule has 1 heterocycles. The molecular weight excluding hydrogens is 409 g/mol. The molecule has 0 saturated carbocycles. The zero-order chi connectivity index (χ0) is 22.5. The average Bonchev–Trinajstić information content (AvgIpc) is 3.00. The van der Waals surface area contributed by atoms with Crippen LogP contribution in [0.4, 0.5) is 13.2 Å². The number of carbonyl (C=O) groups excluding carboxylic acids is 1. The van der Waals surface area contributed by atoms with Crippen molar-refractivity contribution in [2.75, 3.05) is 27.9 Å². The summed E-state index contributed by atoms with van der Waals surface area (Å²) in [4.78, 5) is 23.8. The van der Waals surface area contributed by atoms with Gasteiger partial charge in [0.25, 0.3) is 0 Å². The van der Waals surface area contributed by atoms with E-state index < -0.39 is 23.6 Å². The van der Waals surface area contributed by atoms with Crippen LogP contribution in [0.5, 0.6) is 17.2 Å². The minimum absolute atomic E-state index is 0.0906. The largest absolute Gasteiger partial charge is 0.493 e. The van der Waals surface area contributed by atoms with Crippen LogP contribution in [-0.2, 0) is 24.6 Å². The zero-order valence-corrected chi connectivity index (χ0v) is 16.7. The van der Waals surface area contributed by atoms with Gasteiger partial charge in [0.05, 0.1) is 27.9 Å². The number of hydrogen-bond acceptors (Lipinski definition) is 6. The van der Waals surface area contributed by atoms with Crippen molar-refractivity contribution in [2.45, 2.75) is 12.7 Å². The van der Waals surface area contributed by atoms with Gasteiger partial charge in [-0.05, 0) is 23.8 Å². The van der Waals surface area contributed by atoms with E-state index in [0.717, 1.165) is 7.05 Å². The lowest BCUT2D eigenvalue weighted by molar-refractivity contribution is -0.147. The first-order valence-electron chi connectivity index (χ1n) is 8.59. The number of nitrogens with zero attached hydrogens (tertiary/aromatic N) is 3. The van der Waals surface area contributed by atoms with E-state index in [1.54, 1.807) is 12.1 Å². The second-order valence-electron chi connectivity index (χ2n) is 5.97. The van der Waals surface area contributed by atoms with Crippen LogP contribution < -0.4 is 25.2 Å². The normalized spacial score (nSPS) is 11.6. The maximum absolute atomic E-state index is 12.8. The lowest BCUT2D eigenvalue weighted by Gasteiger charge is -2.12. The Morgan fingerprint density at radius 1 is 1.17 bits per heavy atom. The Hall–Kier alpha value is -3.44. The summed E-state index contributed by atoms with van der Waals surface area (Å²) in [7, 11) is 5.36. The maximum atomic E-state index is 12.8. The summed E-state index contributed by atoms with van der Waals surface area (Å²) in [6.07, 6.45) is -2.02. The van der Waals surface area contributed by atoms with Crippen LogP contribution >= 0.6 is 0 Å². The van der Waals surface area contributed by atoms with Crippen LogP contribution in [0.25, 0.3) is 6.08 Å². The Labute approximate surface area is 169 Å². The van der Waals surface area contributed by atoms with Crippen molar-refractivity contribution >= 4 is 12.0 Å². The lowest BCUT2D eigenvalue weighted by atomic mass is 10.1. The van der Waals surface area contributed by atoms with E-state index in [9.17, 15) is 22.8 Å². The molecule has 0 fully saturated rings. The Kier molecular flexibility index (Phi) is 7.14. The lowest BCUT2D eigenvalue weighted by Crippen LogP contribution is -2.31. The molecule has 1 aromatic carbocycles. The third kappa shape index (κ3) is 5.13. The molecule has 0 aliphatic rings. The summed E-state index contributed by atoms with van der Waals surface area (Å²) >= 11 is 0. The number of nitrogens with one attached hydrogen (secondary N) is 1. The molecule has 9 nitrogen and oxygen atoms in total. The fourth-order valence-corrected chi connectivity index (χ4v) is 2.59.